The number of methoxy groups -OCH3 is 3. The van der Waals surface area contributed by atoms with Crippen LogP contribution >= 0.6 is 7.60 Å². The van der Waals surface area contributed by atoms with Gasteiger partial charge in [0.1, 0.15) is 30.1 Å². The van der Waals surface area contributed by atoms with Crippen molar-refractivity contribution in [2.24, 2.45) is 41.4 Å². The molecule has 1 aliphatic carbocycles. The van der Waals surface area contributed by atoms with Gasteiger partial charge in [0.25, 0.3) is 11.7 Å². The van der Waals surface area contributed by atoms with Gasteiger partial charge in [-0.2, -0.15) is 0 Å². The highest BCUT2D eigenvalue weighted by Gasteiger charge is 2.57. The van der Waals surface area contributed by atoms with Crippen LogP contribution in [0.15, 0.2) is 47.6 Å². The van der Waals surface area contributed by atoms with E-state index in [1.807, 2.05) is 58.1 Å². The number of aliphatic hydroxyl groups excluding tert-OH is 1. The van der Waals surface area contributed by atoms with Crippen LogP contribution in [0.3, 0.4) is 0 Å². The van der Waals surface area contributed by atoms with Crippen molar-refractivity contribution < 1.29 is 71.5 Å². The van der Waals surface area contributed by atoms with E-state index in [0.717, 1.165) is 5.57 Å². The highest BCUT2D eigenvalue weighted by Crippen LogP contribution is 2.50. The molecule has 3 saturated heterocycles. The molecule has 1 amide bonds. The van der Waals surface area contributed by atoms with Crippen molar-refractivity contribution in [3.8, 4) is 0 Å². The summed E-state index contributed by atoms with van der Waals surface area (Å²) in [4.78, 5) is 72.8. The number of ketones is 3. The molecule has 0 radical (unpaired) electrons. The Bertz CT molecular complexity index is 2030. The molecule has 0 aromatic carbocycles. The first-order valence-corrected chi connectivity index (χ1v) is 28.0. The van der Waals surface area contributed by atoms with E-state index in [2.05, 4.69) is 0 Å². The zero-order valence-corrected chi connectivity index (χ0v) is 45.0. The topological polar surface area (TPSA) is 211 Å². The molecule has 6 bridgehead atoms. The van der Waals surface area contributed by atoms with Crippen LogP contribution in [0.4, 0.5) is 0 Å². The molecule has 4 fully saturated rings. The Balaban J connectivity index is 1.50. The van der Waals surface area contributed by atoms with Crippen LogP contribution in [0, 0.1) is 41.4 Å². The minimum absolute atomic E-state index is 0.0103. The van der Waals surface area contributed by atoms with Crippen LogP contribution in [0.25, 0.3) is 0 Å². The van der Waals surface area contributed by atoms with Crippen LogP contribution in [-0.2, 0) is 61.3 Å². The maximum absolute atomic E-state index is 14.6. The monoisotopic (exact) mass is 1020 g/mol. The predicted molar refractivity (Wildman–Crippen MR) is 267 cm³/mol. The van der Waals surface area contributed by atoms with Crippen molar-refractivity contribution in [2.75, 3.05) is 41.1 Å². The third-order valence-corrected chi connectivity index (χ3v) is 17.1. The number of ether oxygens (including phenoxy) is 5. The summed E-state index contributed by atoms with van der Waals surface area (Å²) in [5.74, 6) is -8.79. The molecule has 1 saturated carbocycles. The standard InChI is InChI=1S/C54H84NO15P/c1-12-25-67-71(11,63)70-43-23-21-38(29-46(43)65-9)28-41-40-19-16-24-55-47(40)53(61)68-45(41)31-42(56)34(4)27-36(6)49(58)50(66-10)48(57)35(5)26-32(2)17-14-13-15-18-33(3)44(64-8)30-39-22-20-37(7)54(62,69-39)51(59)52(55)60/h13-15,17-18,27,32,34-35,37-41,43-47,49-50,58,62H,12,16,19-26,28-31H2,1-11H3/b15-13+,17-14+,33-18+,36-27+/t32-,34?,35-,37-,38+,39+,40-,41?,43-,44+,45?,46-,47+,49-,50?,54-,71?/m1/s1. The molecule has 0 spiro atoms. The molecule has 5 unspecified atom stereocenters. The first kappa shape index (κ1) is 58.7. The molecule has 4 aliphatic heterocycles. The lowest BCUT2D eigenvalue weighted by Crippen LogP contribution is -2.65. The second-order valence-electron chi connectivity index (χ2n) is 21.2. The van der Waals surface area contributed by atoms with E-state index in [1.165, 1.54) is 18.7 Å². The van der Waals surface area contributed by atoms with Gasteiger partial charge in [-0.15, -0.1) is 0 Å². The normalized spacial score (nSPS) is 41.0. The number of carbonyl (C=O) groups excluding carboxylic acids is 5. The number of aliphatic hydroxyl groups is 2. The number of esters is 1. The number of hydrogen-bond donors (Lipinski definition) is 2. The molecule has 71 heavy (non-hydrogen) atoms. The lowest BCUT2D eigenvalue weighted by atomic mass is 9.68. The predicted octanol–water partition coefficient (Wildman–Crippen LogP) is 7.67. The zero-order chi connectivity index (χ0) is 52.4. The molecule has 400 valence electrons. The van der Waals surface area contributed by atoms with E-state index in [1.54, 1.807) is 41.1 Å². The van der Waals surface area contributed by atoms with Crippen molar-refractivity contribution in [1.82, 2.24) is 4.90 Å². The summed E-state index contributed by atoms with van der Waals surface area (Å²) >= 11 is 0. The van der Waals surface area contributed by atoms with Gasteiger partial charge < -0.3 is 47.8 Å². The van der Waals surface area contributed by atoms with Crippen LogP contribution in [-0.4, -0.2) is 140 Å². The number of hydrogen-bond acceptors (Lipinski definition) is 15. The van der Waals surface area contributed by atoms with Gasteiger partial charge in [0.05, 0.1) is 31.0 Å². The molecule has 0 aromatic heterocycles. The Kier molecular flexibility index (Phi) is 21.8. The number of fused-ring (bicyclic) bond motifs is 3. The Labute approximate surface area is 422 Å². The molecule has 16 nitrogen and oxygen atoms in total. The quantitative estimate of drug-likeness (QED) is 0.0931. The minimum atomic E-state index is -3.37. The van der Waals surface area contributed by atoms with Gasteiger partial charge in [-0.25, -0.2) is 4.79 Å². The second kappa shape index (κ2) is 26.3. The molecule has 5 aliphatic rings. The fraction of sp³-hybridized carbons (Fsp3) is 0.759. The van der Waals surface area contributed by atoms with Gasteiger partial charge in [0.2, 0.25) is 5.79 Å². The number of piperidine rings is 1. The van der Waals surface area contributed by atoms with Gasteiger partial charge in [-0.1, -0.05) is 71.1 Å². The average Bonchev–Trinajstić information content (AvgIpc) is 3.33. The van der Waals surface area contributed by atoms with E-state index in [-0.39, 0.29) is 36.4 Å². The summed E-state index contributed by atoms with van der Waals surface area (Å²) in [6.45, 7) is 14.5. The second-order valence-corrected chi connectivity index (χ2v) is 23.2. The summed E-state index contributed by atoms with van der Waals surface area (Å²) in [6.07, 6.45) is 11.1. The Morgan fingerprint density at radius 2 is 1.61 bits per heavy atom. The van der Waals surface area contributed by atoms with E-state index < -0.39 is 109 Å². The smallest absolute Gasteiger partial charge is 0.329 e. The minimum Gasteiger partial charge on any atom is -0.460 e. The van der Waals surface area contributed by atoms with Crippen molar-refractivity contribution >= 4 is 36.8 Å². The van der Waals surface area contributed by atoms with Crippen LogP contribution in [0.1, 0.15) is 126 Å². The van der Waals surface area contributed by atoms with Crippen molar-refractivity contribution in [3.05, 3.63) is 47.6 Å². The summed E-state index contributed by atoms with van der Waals surface area (Å²) in [6, 6.07) is -1.16. The van der Waals surface area contributed by atoms with Gasteiger partial charge in [0.15, 0.2) is 5.78 Å². The van der Waals surface area contributed by atoms with Gasteiger partial charge >= 0.3 is 13.6 Å². The van der Waals surface area contributed by atoms with Crippen LogP contribution in [0.2, 0.25) is 0 Å². The molecular formula is C54H84NO15P. The van der Waals surface area contributed by atoms with Gasteiger partial charge in [0, 0.05) is 71.1 Å². The Hall–Kier alpha value is -3.18. The van der Waals surface area contributed by atoms with E-state index >= 15 is 0 Å². The fourth-order valence-corrected chi connectivity index (χ4v) is 12.9. The summed E-state index contributed by atoms with van der Waals surface area (Å²) in [5, 5.41) is 23.6. The number of carbonyl (C=O) groups is 5. The molecular weight excluding hydrogens is 934 g/mol. The zero-order valence-electron chi connectivity index (χ0n) is 44.1. The lowest BCUT2D eigenvalue weighted by Gasteiger charge is -2.50. The first-order chi connectivity index (χ1) is 33.6. The highest BCUT2D eigenvalue weighted by atomic mass is 31.2. The van der Waals surface area contributed by atoms with Crippen molar-refractivity contribution in [2.45, 2.75) is 180 Å². The third kappa shape index (κ3) is 14.8. The maximum Gasteiger partial charge on any atom is 0.329 e. The lowest BCUT2D eigenvalue weighted by molar-refractivity contribution is -0.266. The van der Waals surface area contributed by atoms with Crippen LogP contribution < -0.4 is 0 Å². The average molecular weight is 1020 g/mol. The van der Waals surface area contributed by atoms with Crippen LogP contribution in [0.5, 0.6) is 0 Å². The van der Waals surface area contributed by atoms with E-state index in [4.69, 9.17) is 32.7 Å². The summed E-state index contributed by atoms with van der Waals surface area (Å²) in [5.41, 5.74) is 1.25. The SMILES string of the molecule is CCCOP(C)(=O)O[C@@H]1CC[C@@H](CC2C3CC(=O)C(C)/C=C(\C)[C@@H](O)C(OC)C(=O)[C@H](C)C[C@H](C)/C=C/C=C/C=C(\C)[C@@H](OC)C[C@@H]4CC[C@@H](C)[C@@](O)(O4)C(=O)C(=O)N4CCC[C@H]2[C@H]4C(=O)O3)C[C@H]1OC. The summed E-state index contributed by atoms with van der Waals surface area (Å²) in [7, 11) is 1.16. The molecule has 17 atom stereocenters. The van der Waals surface area contributed by atoms with Gasteiger partial charge in [-0.3, -0.25) is 23.7 Å². The van der Waals surface area contributed by atoms with E-state index in [9.17, 15) is 38.8 Å². The summed E-state index contributed by atoms with van der Waals surface area (Å²) < 4.78 is 54.7. The third-order valence-electron chi connectivity index (χ3n) is 15.7. The number of allylic oxidation sites excluding steroid dienone is 6. The van der Waals surface area contributed by atoms with Crippen molar-refractivity contribution in [1.29, 1.82) is 0 Å². The molecule has 4 heterocycles. The van der Waals surface area contributed by atoms with Crippen molar-refractivity contribution in [3.63, 3.8) is 0 Å². The highest BCUT2D eigenvalue weighted by molar-refractivity contribution is 7.53. The largest absolute Gasteiger partial charge is 0.460 e. The number of Topliss-reactive ketones (excluding diaryl/α,β-unsaturated/α-hetero) is 3. The fourth-order valence-electron chi connectivity index (χ4n) is 11.6. The number of amides is 1. The van der Waals surface area contributed by atoms with E-state index in [0.29, 0.717) is 82.8 Å². The number of nitrogens with zero attached hydrogens (tertiary/aromatic N) is 1. The molecule has 5 rings (SSSR count). The molecule has 2 N–H and O–H groups in total. The molecule has 17 heteroatoms. The Morgan fingerprint density at radius 1 is 0.873 bits per heavy atom. The number of rotatable bonds is 10. The Morgan fingerprint density at radius 3 is 2.28 bits per heavy atom. The maximum atomic E-state index is 14.6. The van der Waals surface area contributed by atoms with Gasteiger partial charge in [-0.05, 0) is 107 Å². The first-order valence-electron chi connectivity index (χ1n) is 26.0. The molecule has 0 aromatic rings.